The molecule has 5 nitrogen and oxygen atoms in total. The smallest absolute Gasteiger partial charge is 0.230 e. The van der Waals surface area contributed by atoms with Crippen LogP contribution in [0.4, 0.5) is 0 Å². The maximum atomic E-state index is 12.7. The zero-order chi connectivity index (χ0) is 20.9. The summed E-state index contributed by atoms with van der Waals surface area (Å²) in [5.41, 5.74) is 2.09. The third-order valence-electron chi connectivity index (χ3n) is 5.73. The molecule has 0 aromatic heterocycles. The van der Waals surface area contributed by atoms with Gasteiger partial charge >= 0.3 is 0 Å². The third kappa shape index (κ3) is 4.98. The maximum absolute atomic E-state index is 12.7. The number of ether oxygens (including phenoxy) is 1. The highest BCUT2D eigenvalue weighted by molar-refractivity contribution is 5.87. The minimum absolute atomic E-state index is 0.00131. The molecule has 3 N–H and O–H groups in total. The van der Waals surface area contributed by atoms with Crippen LogP contribution in [0.3, 0.4) is 0 Å². The number of carbonyl (C=O) groups excluding carboxylic acids is 1. The Morgan fingerprint density at radius 3 is 2.66 bits per heavy atom. The topological polar surface area (TPSA) is 78.8 Å². The monoisotopic (exact) mass is 397 g/mol. The zero-order valence-electron chi connectivity index (χ0n) is 17.2. The van der Waals surface area contributed by atoms with Gasteiger partial charge in [0.2, 0.25) is 5.91 Å². The first-order valence-corrected chi connectivity index (χ1v) is 10.3. The van der Waals surface area contributed by atoms with E-state index in [9.17, 15) is 9.90 Å². The summed E-state index contributed by atoms with van der Waals surface area (Å²) in [6, 6.07) is 15.8. The standard InChI is InChI=1S/C24H31NO4/c1-24(2,23(28)25-12-6-7-13-26)19-10-11-20-21(15-19)29-16-18(22(20)27)14-17-8-4-3-5-9-17/h3-5,8-11,15,18,22,26-27H,6-7,12-14,16H2,1-2H3,(H,25,28)/t18-,22+/m1/s1. The van der Waals surface area contributed by atoms with Crippen LogP contribution in [0.25, 0.3) is 0 Å². The van der Waals surface area contributed by atoms with Crippen molar-refractivity contribution < 1.29 is 19.7 Å². The van der Waals surface area contributed by atoms with Crippen LogP contribution >= 0.6 is 0 Å². The third-order valence-corrected chi connectivity index (χ3v) is 5.73. The first-order valence-electron chi connectivity index (χ1n) is 10.3. The first kappa shape index (κ1) is 21.3. The molecular formula is C24H31NO4. The highest BCUT2D eigenvalue weighted by Crippen LogP contribution is 2.39. The van der Waals surface area contributed by atoms with Crippen molar-refractivity contribution in [2.75, 3.05) is 19.8 Å². The SMILES string of the molecule is CC(C)(C(=O)NCCCCO)c1ccc2c(c1)OC[C@@H](Cc1ccccc1)[C@@H]2O. The van der Waals surface area contributed by atoms with Crippen LogP contribution in [0.1, 0.15) is 49.5 Å². The lowest BCUT2D eigenvalue weighted by Gasteiger charge is -2.32. The molecule has 1 aliphatic rings. The predicted octanol–water partition coefficient (Wildman–Crippen LogP) is 3.14. The van der Waals surface area contributed by atoms with Gasteiger partial charge in [-0.1, -0.05) is 42.5 Å². The lowest BCUT2D eigenvalue weighted by molar-refractivity contribution is -0.125. The van der Waals surface area contributed by atoms with E-state index in [0.717, 1.165) is 24.0 Å². The number of fused-ring (bicyclic) bond motifs is 1. The fraction of sp³-hybridized carbons (Fsp3) is 0.458. The molecular weight excluding hydrogens is 366 g/mol. The summed E-state index contributed by atoms with van der Waals surface area (Å²) in [6.07, 6.45) is 1.59. The van der Waals surface area contributed by atoms with E-state index in [1.54, 1.807) is 0 Å². The quantitative estimate of drug-likeness (QED) is 0.598. The van der Waals surface area contributed by atoms with Crippen LogP contribution in [0, 0.1) is 5.92 Å². The molecule has 1 amide bonds. The van der Waals surface area contributed by atoms with E-state index >= 15 is 0 Å². The predicted molar refractivity (Wildman–Crippen MR) is 113 cm³/mol. The number of carbonyl (C=O) groups is 1. The molecule has 2 atom stereocenters. The summed E-state index contributed by atoms with van der Waals surface area (Å²) in [5, 5.41) is 22.7. The second kappa shape index (κ2) is 9.42. The second-order valence-corrected chi connectivity index (χ2v) is 8.27. The summed E-state index contributed by atoms with van der Waals surface area (Å²) >= 11 is 0. The van der Waals surface area contributed by atoms with Crippen LogP contribution < -0.4 is 10.1 Å². The molecule has 29 heavy (non-hydrogen) atoms. The molecule has 2 aromatic rings. The van der Waals surface area contributed by atoms with Crippen molar-refractivity contribution in [3.8, 4) is 5.75 Å². The second-order valence-electron chi connectivity index (χ2n) is 8.27. The van der Waals surface area contributed by atoms with Gasteiger partial charge in [0.1, 0.15) is 5.75 Å². The summed E-state index contributed by atoms with van der Waals surface area (Å²) < 4.78 is 5.99. The minimum Gasteiger partial charge on any atom is -0.493 e. The Balaban J connectivity index is 1.70. The lowest BCUT2D eigenvalue weighted by Crippen LogP contribution is -2.40. The first-order chi connectivity index (χ1) is 13.9. The van der Waals surface area contributed by atoms with Crippen LogP contribution in [-0.4, -0.2) is 35.9 Å². The summed E-state index contributed by atoms with van der Waals surface area (Å²) in [5.74, 6) is 0.591. The Hall–Kier alpha value is -2.37. The van der Waals surface area contributed by atoms with Crippen molar-refractivity contribution in [2.24, 2.45) is 5.92 Å². The number of hydrogen-bond donors (Lipinski definition) is 3. The molecule has 1 heterocycles. The highest BCUT2D eigenvalue weighted by atomic mass is 16.5. The number of aliphatic hydroxyl groups is 2. The lowest BCUT2D eigenvalue weighted by atomic mass is 9.81. The molecule has 0 saturated heterocycles. The zero-order valence-corrected chi connectivity index (χ0v) is 17.2. The molecule has 0 spiro atoms. The number of hydrogen-bond acceptors (Lipinski definition) is 4. The molecule has 5 heteroatoms. The Morgan fingerprint density at radius 2 is 1.93 bits per heavy atom. The van der Waals surface area contributed by atoms with E-state index in [4.69, 9.17) is 9.84 Å². The molecule has 0 unspecified atom stereocenters. The fourth-order valence-electron chi connectivity index (χ4n) is 3.71. The molecule has 0 bridgehead atoms. The number of rotatable bonds is 8. The van der Waals surface area contributed by atoms with Gasteiger partial charge in [0, 0.05) is 24.6 Å². The molecule has 0 radical (unpaired) electrons. The van der Waals surface area contributed by atoms with Crippen molar-refractivity contribution in [2.45, 2.75) is 44.6 Å². The van der Waals surface area contributed by atoms with Crippen LogP contribution in [-0.2, 0) is 16.6 Å². The van der Waals surface area contributed by atoms with Gasteiger partial charge in [-0.25, -0.2) is 0 Å². The summed E-state index contributed by atoms with van der Waals surface area (Å²) in [6.45, 7) is 4.89. The van der Waals surface area contributed by atoms with E-state index in [0.29, 0.717) is 25.3 Å². The van der Waals surface area contributed by atoms with E-state index in [2.05, 4.69) is 17.4 Å². The fourth-order valence-corrected chi connectivity index (χ4v) is 3.71. The van der Waals surface area contributed by atoms with Gasteiger partial charge in [-0.3, -0.25) is 4.79 Å². The van der Waals surface area contributed by atoms with Crippen molar-refractivity contribution >= 4 is 5.91 Å². The molecule has 0 saturated carbocycles. The highest BCUT2D eigenvalue weighted by Gasteiger charge is 2.34. The van der Waals surface area contributed by atoms with E-state index < -0.39 is 11.5 Å². The van der Waals surface area contributed by atoms with Crippen molar-refractivity contribution in [3.05, 3.63) is 65.2 Å². The van der Waals surface area contributed by atoms with Gasteiger partial charge in [-0.15, -0.1) is 0 Å². The van der Waals surface area contributed by atoms with Crippen LogP contribution in [0.5, 0.6) is 5.75 Å². The van der Waals surface area contributed by atoms with Crippen LogP contribution in [0.2, 0.25) is 0 Å². The van der Waals surface area contributed by atoms with Crippen LogP contribution in [0.15, 0.2) is 48.5 Å². The van der Waals surface area contributed by atoms with Gasteiger partial charge in [-0.05, 0) is 50.3 Å². The summed E-state index contributed by atoms with van der Waals surface area (Å²) in [4.78, 5) is 12.7. The molecule has 0 aliphatic carbocycles. The average molecular weight is 398 g/mol. The molecule has 1 aliphatic heterocycles. The largest absolute Gasteiger partial charge is 0.493 e. The average Bonchev–Trinajstić information content (AvgIpc) is 2.73. The van der Waals surface area contributed by atoms with Crippen molar-refractivity contribution in [1.29, 1.82) is 0 Å². The summed E-state index contributed by atoms with van der Waals surface area (Å²) in [7, 11) is 0. The number of aliphatic hydroxyl groups excluding tert-OH is 2. The van der Waals surface area contributed by atoms with Gasteiger partial charge in [-0.2, -0.15) is 0 Å². The molecule has 3 rings (SSSR count). The number of benzene rings is 2. The van der Waals surface area contributed by atoms with Gasteiger partial charge in [0.15, 0.2) is 0 Å². The number of amides is 1. The molecule has 156 valence electrons. The Morgan fingerprint density at radius 1 is 1.17 bits per heavy atom. The number of nitrogens with one attached hydrogen (secondary N) is 1. The molecule has 2 aromatic carbocycles. The van der Waals surface area contributed by atoms with Gasteiger partial charge in [0.05, 0.1) is 18.1 Å². The van der Waals surface area contributed by atoms with Crippen molar-refractivity contribution in [3.63, 3.8) is 0 Å². The minimum atomic E-state index is -0.719. The van der Waals surface area contributed by atoms with E-state index in [1.165, 1.54) is 5.56 Å². The van der Waals surface area contributed by atoms with Gasteiger partial charge in [0.25, 0.3) is 0 Å². The van der Waals surface area contributed by atoms with E-state index in [1.807, 2.05) is 50.2 Å². The Bertz CT molecular complexity index is 819. The Kier molecular flexibility index (Phi) is 6.93. The maximum Gasteiger partial charge on any atom is 0.230 e. The van der Waals surface area contributed by atoms with Gasteiger partial charge < -0.3 is 20.3 Å². The normalized spacial score (nSPS) is 18.6. The number of unbranched alkanes of at least 4 members (excludes halogenated alkanes) is 1. The Labute approximate surface area is 172 Å². The van der Waals surface area contributed by atoms with E-state index in [-0.39, 0.29) is 18.4 Å². The van der Waals surface area contributed by atoms with Crippen molar-refractivity contribution in [1.82, 2.24) is 5.32 Å². The molecule has 0 fully saturated rings.